The molecule has 1 heterocycles. The molecule has 0 spiro atoms. The van der Waals surface area contributed by atoms with E-state index in [1.165, 1.54) is 17.2 Å². The monoisotopic (exact) mass is 327 g/mol. The third-order valence-electron chi connectivity index (χ3n) is 4.61. The van der Waals surface area contributed by atoms with Gasteiger partial charge in [0.1, 0.15) is 11.5 Å². The fourth-order valence-corrected chi connectivity index (χ4v) is 3.18. The molecule has 0 radical (unpaired) electrons. The average molecular weight is 327 g/mol. The van der Waals surface area contributed by atoms with Gasteiger partial charge in [-0.25, -0.2) is 0 Å². The van der Waals surface area contributed by atoms with E-state index in [2.05, 4.69) is 44.1 Å². The van der Waals surface area contributed by atoms with Crippen molar-refractivity contribution in [1.82, 2.24) is 4.90 Å². The van der Waals surface area contributed by atoms with Crippen molar-refractivity contribution in [3.05, 3.63) is 53.4 Å². The number of aromatic hydroxyl groups is 2. The van der Waals surface area contributed by atoms with Gasteiger partial charge >= 0.3 is 0 Å². The molecule has 1 aromatic rings. The first kappa shape index (κ1) is 18.2. The molecular formula is C21H29NO2. The number of nitrogens with zero attached hydrogens (tertiary/aromatic N) is 1. The molecule has 2 rings (SSSR count). The Labute approximate surface area is 145 Å². The predicted molar refractivity (Wildman–Crippen MR) is 101 cm³/mol. The zero-order valence-corrected chi connectivity index (χ0v) is 15.0. The molecule has 0 aromatic heterocycles. The second kappa shape index (κ2) is 8.62. The number of benzene rings is 1. The van der Waals surface area contributed by atoms with Gasteiger partial charge < -0.3 is 15.1 Å². The van der Waals surface area contributed by atoms with E-state index in [-0.39, 0.29) is 11.5 Å². The summed E-state index contributed by atoms with van der Waals surface area (Å²) in [5, 5.41) is 19.5. The lowest BCUT2D eigenvalue weighted by Gasteiger charge is -2.20. The molecule has 24 heavy (non-hydrogen) atoms. The summed E-state index contributed by atoms with van der Waals surface area (Å²) < 4.78 is 0. The van der Waals surface area contributed by atoms with Crippen LogP contribution in [0.15, 0.2) is 47.8 Å². The van der Waals surface area contributed by atoms with Crippen molar-refractivity contribution in [3.8, 4) is 11.5 Å². The molecule has 0 saturated heterocycles. The maximum atomic E-state index is 10.1. The zero-order valence-electron chi connectivity index (χ0n) is 15.0. The molecule has 3 heteroatoms. The zero-order chi connectivity index (χ0) is 17.5. The Morgan fingerprint density at radius 2 is 2.00 bits per heavy atom. The quantitative estimate of drug-likeness (QED) is 0.643. The van der Waals surface area contributed by atoms with Crippen LogP contribution in [-0.4, -0.2) is 21.7 Å². The van der Waals surface area contributed by atoms with Gasteiger partial charge in [0.25, 0.3) is 0 Å². The van der Waals surface area contributed by atoms with E-state index in [0.29, 0.717) is 0 Å². The minimum atomic E-state index is 0.0973. The highest BCUT2D eigenvalue weighted by Crippen LogP contribution is 2.32. The van der Waals surface area contributed by atoms with Crippen molar-refractivity contribution < 1.29 is 10.2 Å². The molecule has 0 unspecified atom stereocenters. The number of phenolic OH excluding ortho intramolecular Hbond substituents is 2. The fraction of sp³-hybridized carbons (Fsp3) is 0.429. The lowest BCUT2D eigenvalue weighted by Crippen LogP contribution is -2.14. The second-order valence-corrected chi connectivity index (χ2v) is 6.54. The number of hydrogen-bond donors (Lipinski definition) is 2. The van der Waals surface area contributed by atoms with Crippen molar-refractivity contribution in [2.24, 2.45) is 0 Å². The number of phenols is 2. The van der Waals surface area contributed by atoms with Crippen LogP contribution in [0, 0.1) is 0 Å². The van der Waals surface area contributed by atoms with E-state index >= 15 is 0 Å². The van der Waals surface area contributed by atoms with Gasteiger partial charge in [-0.05, 0) is 69.9 Å². The first-order valence-electron chi connectivity index (χ1n) is 8.82. The van der Waals surface area contributed by atoms with Crippen LogP contribution in [0.4, 0.5) is 0 Å². The number of unbranched alkanes of at least 4 members (excludes halogenated alkanes) is 1. The maximum Gasteiger partial charge on any atom is 0.126 e. The predicted octanol–water partition coefficient (Wildman–Crippen LogP) is 5.57. The minimum absolute atomic E-state index is 0.0973. The van der Waals surface area contributed by atoms with Gasteiger partial charge in [0, 0.05) is 24.4 Å². The lowest BCUT2D eigenvalue weighted by molar-refractivity contribution is 0.449. The molecule has 0 saturated carbocycles. The Hall–Kier alpha value is -2.16. The Morgan fingerprint density at radius 3 is 2.67 bits per heavy atom. The molecule has 1 aromatic carbocycles. The van der Waals surface area contributed by atoms with Crippen molar-refractivity contribution in [2.75, 3.05) is 6.54 Å². The number of allylic oxidation sites excluding steroid dienone is 4. The first-order valence-corrected chi connectivity index (χ1v) is 8.82. The van der Waals surface area contributed by atoms with Gasteiger partial charge in [-0.3, -0.25) is 0 Å². The van der Waals surface area contributed by atoms with Crippen LogP contribution >= 0.6 is 0 Å². The highest BCUT2D eigenvalue weighted by Gasteiger charge is 2.09. The SMILES string of the molecule is CCC(CCCCN1C=CCC(C)=C1)=C(C)c1ccc(O)cc1O. The standard InChI is InChI=1S/C21H29NO2/c1-4-18(17(3)20-11-10-19(23)14-21(20)24)9-5-6-12-22-13-7-8-16(2)15-22/h7,10-11,13-15,23-24H,4-6,8-9,12H2,1-3H3. The largest absolute Gasteiger partial charge is 0.508 e. The Bertz CT molecular complexity index is 656. The number of hydrogen-bond acceptors (Lipinski definition) is 3. The third kappa shape index (κ3) is 4.92. The lowest BCUT2D eigenvalue weighted by atomic mass is 9.95. The van der Waals surface area contributed by atoms with Crippen LogP contribution < -0.4 is 0 Å². The van der Waals surface area contributed by atoms with Crippen LogP contribution in [0.25, 0.3) is 5.57 Å². The average Bonchev–Trinajstić information content (AvgIpc) is 2.54. The molecule has 2 N–H and O–H groups in total. The van der Waals surface area contributed by atoms with Crippen molar-refractivity contribution in [3.63, 3.8) is 0 Å². The molecule has 0 bridgehead atoms. The van der Waals surface area contributed by atoms with Crippen LogP contribution in [0.1, 0.15) is 58.4 Å². The van der Waals surface area contributed by atoms with Gasteiger partial charge in [-0.2, -0.15) is 0 Å². The van der Waals surface area contributed by atoms with Crippen LogP contribution in [-0.2, 0) is 0 Å². The summed E-state index contributed by atoms with van der Waals surface area (Å²) in [7, 11) is 0. The van der Waals surface area contributed by atoms with Crippen molar-refractivity contribution in [2.45, 2.75) is 52.9 Å². The minimum Gasteiger partial charge on any atom is -0.508 e. The summed E-state index contributed by atoms with van der Waals surface area (Å²) in [6.45, 7) is 7.44. The number of rotatable bonds is 7. The maximum absolute atomic E-state index is 10.1. The first-order chi connectivity index (χ1) is 11.5. The van der Waals surface area contributed by atoms with E-state index in [1.54, 1.807) is 12.1 Å². The van der Waals surface area contributed by atoms with Gasteiger partial charge in [0.2, 0.25) is 0 Å². The summed E-state index contributed by atoms with van der Waals surface area (Å²) in [6, 6.07) is 4.83. The molecule has 0 atom stereocenters. The van der Waals surface area contributed by atoms with Crippen LogP contribution in [0.3, 0.4) is 0 Å². The van der Waals surface area contributed by atoms with Crippen LogP contribution in [0.2, 0.25) is 0 Å². The Morgan fingerprint density at radius 1 is 1.21 bits per heavy atom. The van der Waals surface area contributed by atoms with E-state index in [9.17, 15) is 10.2 Å². The third-order valence-corrected chi connectivity index (χ3v) is 4.61. The molecule has 1 aliphatic rings. The normalized spacial score (nSPS) is 15.3. The summed E-state index contributed by atoms with van der Waals surface area (Å²) in [5.41, 5.74) is 4.73. The van der Waals surface area contributed by atoms with Crippen molar-refractivity contribution >= 4 is 5.57 Å². The topological polar surface area (TPSA) is 43.7 Å². The van der Waals surface area contributed by atoms with Crippen LogP contribution in [0.5, 0.6) is 11.5 Å². The summed E-state index contributed by atoms with van der Waals surface area (Å²) >= 11 is 0. The highest BCUT2D eigenvalue weighted by molar-refractivity contribution is 5.72. The second-order valence-electron chi connectivity index (χ2n) is 6.54. The van der Waals surface area contributed by atoms with Gasteiger partial charge in [0.05, 0.1) is 0 Å². The van der Waals surface area contributed by atoms with Gasteiger partial charge in [-0.1, -0.05) is 24.1 Å². The van der Waals surface area contributed by atoms with E-state index in [1.807, 2.05) is 0 Å². The smallest absolute Gasteiger partial charge is 0.126 e. The van der Waals surface area contributed by atoms with E-state index in [0.717, 1.165) is 49.8 Å². The Kier molecular flexibility index (Phi) is 6.53. The summed E-state index contributed by atoms with van der Waals surface area (Å²) in [4.78, 5) is 2.27. The molecule has 0 aliphatic carbocycles. The molecule has 1 aliphatic heterocycles. The van der Waals surface area contributed by atoms with E-state index in [4.69, 9.17) is 0 Å². The van der Waals surface area contributed by atoms with Crippen molar-refractivity contribution in [1.29, 1.82) is 0 Å². The van der Waals surface area contributed by atoms with E-state index < -0.39 is 0 Å². The molecule has 3 nitrogen and oxygen atoms in total. The molecule has 0 amide bonds. The molecular weight excluding hydrogens is 298 g/mol. The Balaban J connectivity index is 1.93. The van der Waals surface area contributed by atoms with Gasteiger partial charge in [0.15, 0.2) is 0 Å². The molecule has 130 valence electrons. The fourth-order valence-electron chi connectivity index (χ4n) is 3.18. The summed E-state index contributed by atoms with van der Waals surface area (Å²) in [5.74, 6) is 0.248. The van der Waals surface area contributed by atoms with Gasteiger partial charge in [-0.15, -0.1) is 0 Å². The molecule has 0 fully saturated rings. The summed E-state index contributed by atoms with van der Waals surface area (Å²) in [6.07, 6.45) is 12.0. The highest BCUT2D eigenvalue weighted by atomic mass is 16.3.